The summed E-state index contributed by atoms with van der Waals surface area (Å²) in [6, 6.07) is 0. The van der Waals surface area contributed by atoms with Crippen LogP contribution in [0.25, 0.3) is 0 Å². The Morgan fingerprint density at radius 1 is 1.35 bits per heavy atom. The van der Waals surface area contributed by atoms with Gasteiger partial charge in [0.25, 0.3) is 5.91 Å². The zero-order chi connectivity index (χ0) is 12.7. The molecule has 0 bridgehead atoms. The Morgan fingerprint density at radius 2 is 1.94 bits per heavy atom. The fourth-order valence-electron chi connectivity index (χ4n) is 2.60. The van der Waals surface area contributed by atoms with Crippen LogP contribution in [0.15, 0.2) is 4.99 Å². The normalized spacial score (nSPS) is 36.6. The predicted octanol–water partition coefficient (Wildman–Crippen LogP) is 1.89. The van der Waals surface area contributed by atoms with Crippen molar-refractivity contribution < 1.29 is 9.53 Å². The van der Waals surface area contributed by atoms with Crippen molar-refractivity contribution in [3.8, 4) is 0 Å². The molecule has 4 nitrogen and oxygen atoms in total. The van der Waals surface area contributed by atoms with Gasteiger partial charge in [0.2, 0.25) is 0 Å². The van der Waals surface area contributed by atoms with Crippen LogP contribution in [-0.2, 0) is 9.53 Å². The molecule has 0 aromatic rings. The largest absolute Gasteiger partial charge is 0.370 e. The molecule has 0 aromatic carbocycles. The molecule has 1 N–H and O–H groups in total. The third-order valence-corrected chi connectivity index (χ3v) is 4.08. The Morgan fingerprint density at radius 3 is 2.35 bits per heavy atom. The predicted molar refractivity (Wildman–Crippen MR) is 67.0 cm³/mol. The van der Waals surface area contributed by atoms with Crippen molar-refractivity contribution >= 4 is 11.7 Å². The van der Waals surface area contributed by atoms with Gasteiger partial charge >= 0.3 is 0 Å². The van der Waals surface area contributed by atoms with Crippen LogP contribution >= 0.6 is 0 Å². The molecule has 0 atom stereocenters. The summed E-state index contributed by atoms with van der Waals surface area (Å²) in [4.78, 5) is 16.3. The van der Waals surface area contributed by atoms with Crippen molar-refractivity contribution in [2.24, 2.45) is 10.9 Å². The number of hydrogen-bond donors (Lipinski definition) is 1. The molecule has 1 fully saturated rings. The number of amides is 1. The first-order chi connectivity index (χ1) is 7.89. The number of amidine groups is 1. The molecule has 1 aliphatic heterocycles. The molecule has 1 saturated carbocycles. The van der Waals surface area contributed by atoms with Crippen LogP contribution in [-0.4, -0.2) is 30.0 Å². The van der Waals surface area contributed by atoms with E-state index in [1.807, 2.05) is 13.8 Å². The summed E-state index contributed by atoms with van der Waals surface area (Å²) in [5.41, 5.74) is -1.01. The fraction of sp³-hybridized carbons (Fsp3) is 0.846. The minimum atomic E-state index is -0.649. The smallest absolute Gasteiger partial charge is 0.252 e. The average molecular weight is 238 g/mol. The molecule has 0 radical (unpaired) electrons. The molecule has 17 heavy (non-hydrogen) atoms. The summed E-state index contributed by atoms with van der Waals surface area (Å²) < 4.78 is 5.71. The highest BCUT2D eigenvalue weighted by Gasteiger charge is 2.46. The van der Waals surface area contributed by atoms with E-state index in [9.17, 15) is 4.79 Å². The van der Waals surface area contributed by atoms with Gasteiger partial charge in [-0.05, 0) is 45.4 Å². The maximum atomic E-state index is 11.8. The number of aliphatic imine (C=N–C) groups is 1. The quantitative estimate of drug-likeness (QED) is 0.798. The van der Waals surface area contributed by atoms with E-state index in [4.69, 9.17) is 4.74 Å². The molecule has 2 rings (SSSR count). The number of carbonyl (C=O) groups is 1. The Balaban J connectivity index is 2.23. The highest BCUT2D eigenvalue weighted by molar-refractivity contribution is 6.11. The van der Waals surface area contributed by atoms with Crippen LogP contribution in [0, 0.1) is 5.92 Å². The van der Waals surface area contributed by atoms with Gasteiger partial charge in [-0.3, -0.25) is 9.79 Å². The molecule has 0 aromatic heterocycles. The number of nitrogens with zero attached hydrogens (tertiary/aromatic N) is 1. The standard InChI is InChI=1S/C13H22N2O2/c1-9-5-7-13(17-4,8-6-9)10-14-11(16)12(2,3)15-10/h9H,5-8H2,1-4H3,(H,14,15,16). The molecular weight excluding hydrogens is 216 g/mol. The lowest BCUT2D eigenvalue weighted by Gasteiger charge is -2.37. The summed E-state index contributed by atoms with van der Waals surface area (Å²) in [5.74, 6) is 1.45. The summed E-state index contributed by atoms with van der Waals surface area (Å²) in [7, 11) is 1.72. The van der Waals surface area contributed by atoms with E-state index >= 15 is 0 Å². The van der Waals surface area contributed by atoms with Crippen LogP contribution in [0.3, 0.4) is 0 Å². The Hall–Kier alpha value is -0.900. The van der Waals surface area contributed by atoms with Gasteiger partial charge < -0.3 is 10.1 Å². The fourth-order valence-corrected chi connectivity index (χ4v) is 2.60. The van der Waals surface area contributed by atoms with Crippen molar-refractivity contribution in [1.29, 1.82) is 0 Å². The number of hydrogen-bond acceptors (Lipinski definition) is 3. The maximum Gasteiger partial charge on any atom is 0.252 e. The lowest BCUT2D eigenvalue weighted by Crippen LogP contribution is -2.50. The van der Waals surface area contributed by atoms with Gasteiger partial charge in [-0.2, -0.15) is 0 Å². The second-order valence-corrected chi connectivity index (χ2v) is 5.85. The Labute approximate surface area is 103 Å². The minimum absolute atomic E-state index is 0.0254. The lowest BCUT2D eigenvalue weighted by atomic mass is 9.78. The first-order valence-corrected chi connectivity index (χ1v) is 6.36. The van der Waals surface area contributed by atoms with Crippen molar-refractivity contribution in [2.45, 2.75) is 57.6 Å². The van der Waals surface area contributed by atoms with E-state index in [1.54, 1.807) is 7.11 Å². The maximum absolute atomic E-state index is 11.8. The van der Waals surface area contributed by atoms with Gasteiger partial charge in [-0.25, -0.2) is 0 Å². The monoisotopic (exact) mass is 238 g/mol. The van der Waals surface area contributed by atoms with E-state index in [0.29, 0.717) is 0 Å². The highest BCUT2D eigenvalue weighted by Crippen LogP contribution is 2.37. The van der Waals surface area contributed by atoms with Crippen molar-refractivity contribution in [1.82, 2.24) is 5.32 Å². The topological polar surface area (TPSA) is 50.7 Å². The highest BCUT2D eigenvalue weighted by atomic mass is 16.5. The van der Waals surface area contributed by atoms with Gasteiger partial charge in [0.15, 0.2) is 0 Å². The van der Waals surface area contributed by atoms with Crippen LogP contribution < -0.4 is 5.32 Å². The molecule has 1 heterocycles. The Bertz CT molecular complexity index is 352. The summed E-state index contributed by atoms with van der Waals surface area (Å²) >= 11 is 0. The molecule has 4 heteroatoms. The van der Waals surface area contributed by atoms with E-state index in [2.05, 4.69) is 17.2 Å². The van der Waals surface area contributed by atoms with E-state index in [-0.39, 0.29) is 11.5 Å². The van der Waals surface area contributed by atoms with E-state index < -0.39 is 5.54 Å². The molecule has 1 amide bonds. The molecule has 0 saturated heterocycles. The van der Waals surface area contributed by atoms with Gasteiger partial charge in [-0.15, -0.1) is 0 Å². The third kappa shape index (κ3) is 2.10. The van der Waals surface area contributed by atoms with Crippen molar-refractivity contribution in [3.63, 3.8) is 0 Å². The summed E-state index contributed by atoms with van der Waals surface area (Å²) in [6.07, 6.45) is 4.14. The van der Waals surface area contributed by atoms with Crippen LogP contribution in [0.2, 0.25) is 0 Å². The number of methoxy groups -OCH3 is 1. The van der Waals surface area contributed by atoms with E-state index in [0.717, 1.165) is 37.4 Å². The second-order valence-electron chi connectivity index (χ2n) is 5.85. The zero-order valence-electron chi connectivity index (χ0n) is 11.2. The van der Waals surface area contributed by atoms with Gasteiger partial charge in [0, 0.05) is 7.11 Å². The van der Waals surface area contributed by atoms with Gasteiger partial charge in [0.1, 0.15) is 17.0 Å². The molecule has 96 valence electrons. The molecular formula is C13H22N2O2. The molecule has 2 aliphatic rings. The minimum Gasteiger partial charge on any atom is -0.370 e. The van der Waals surface area contributed by atoms with Crippen LogP contribution in [0.5, 0.6) is 0 Å². The summed E-state index contributed by atoms with van der Waals surface area (Å²) in [6.45, 7) is 5.94. The van der Waals surface area contributed by atoms with Gasteiger partial charge in [-0.1, -0.05) is 6.92 Å². The second kappa shape index (κ2) is 4.09. The first-order valence-electron chi connectivity index (χ1n) is 6.36. The first kappa shape index (κ1) is 12.6. The molecule has 1 aliphatic carbocycles. The van der Waals surface area contributed by atoms with Crippen LogP contribution in [0.1, 0.15) is 46.5 Å². The molecule has 0 unspecified atom stereocenters. The number of carbonyl (C=O) groups excluding carboxylic acids is 1. The Kier molecular flexibility index (Phi) is 3.02. The van der Waals surface area contributed by atoms with Crippen LogP contribution in [0.4, 0.5) is 0 Å². The number of rotatable bonds is 2. The molecule has 0 spiro atoms. The van der Waals surface area contributed by atoms with Crippen molar-refractivity contribution in [3.05, 3.63) is 0 Å². The SMILES string of the molecule is COC1(C2=NC(C)(C)C(=O)N2)CCC(C)CC1. The van der Waals surface area contributed by atoms with Crippen molar-refractivity contribution in [2.75, 3.05) is 7.11 Å². The van der Waals surface area contributed by atoms with Gasteiger partial charge in [0.05, 0.1) is 0 Å². The lowest BCUT2D eigenvalue weighted by molar-refractivity contribution is -0.122. The third-order valence-electron chi connectivity index (χ3n) is 4.08. The summed E-state index contributed by atoms with van der Waals surface area (Å²) in [5, 5.41) is 2.91. The number of ether oxygens (including phenoxy) is 1. The number of nitrogens with one attached hydrogen (secondary N) is 1. The zero-order valence-corrected chi connectivity index (χ0v) is 11.2. The van der Waals surface area contributed by atoms with E-state index in [1.165, 1.54) is 0 Å². The average Bonchev–Trinajstić information content (AvgIpc) is 2.56.